The highest BCUT2D eigenvalue weighted by Crippen LogP contribution is 2.28. The Balaban J connectivity index is 2.10. The lowest BCUT2D eigenvalue weighted by Gasteiger charge is -2.09. The van der Waals surface area contributed by atoms with Gasteiger partial charge in [0.1, 0.15) is 0 Å². The molecule has 0 amide bonds. The molecule has 4 aromatic rings. The zero-order chi connectivity index (χ0) is 17.6. The number of carbonyl (C=O) groups excluding carboxylic acids is 1. The molecule has 0 N–H and O–H groups in total. The van der Waals surface area contributed by atoms with Gasteiger partial charge in [0.05, 0.1) is 23.7 Å². The van der Waals surface area contributed by atoms with Crippen LogP contribution in [-0.2, 0) is 4.74 Å². The van der Waals surface area contributed by atoms with Crippen molar-refractivity contribution in [3.05, 3.63) is 58.7 Å². The van der Waals surface area contributed by atoms with E-state index in [9.17, 15) is 4.79 Å². The second-order valence-electron chi connectivity index (χ2n) is 5.60. The lowest BCUT2D eigenvalue weighted by molar-refractivity contribution is 0.0600. The first-order chi connectivity index (χ1) is 12.1. The fourth-order valence-corrected chi connectivity index (χ4v) is 3.07. The summed E-state index contributed by atoms with van der Waals surface area (Å²) >= 11 is 6.29. The molecule has 0 bridgehead atoms. The van der Waals surface area contributed by atoms with Gasteiger partial charge in [0, 0.05) is 5.56 Å². The number of carbonyl (C=O) groups is 1. The molecule has 0 aliphatic rings. The second kappa shape index (κ2) is 5.82. The van der Waals surface area contributed by atoms with E-state index in [-0.39, 0.29) is 5.15 Å². The fraction of sp³-hybridized carbons (Fsp3) is 0.111. The minimum Gasteiger partial charge on any atom is -0.465 e. The van der Waals surface area contributed by atoms with E-state index in [4.69, 9.17) is 16.3 Å². The average molecular weight is 353 g/mol. The number of aryl methyl sites for hydroxylation is 1. The fourth-order valence-electron chi connectivity index (χ4n) is 2.86. The van der Waals surface area contributed by atoms with Crippen molar-refractivity contribution in [1.29, 1.82) is 0 Å². The number of hydrogen-bond donors (Lipinski definition) is 0. The normalized spacial score (nSPS) is 11.2. The minimum atomic E-state index is -0.413. The molecule has 25 heavy (non-hydrogen) atoms. The van der Waals surface area contributed by atoms with Gasteiger partial charge in [-0.05, 0) is 24.6 Å². The maximum atomic E-state index is 12.0. The number of ether oxygens (including phenoxy) is 1. The van der Waals surface area contributed by atoms with Gasteiger partial charge >= 0.3 is 5.97 Å². The lowest BCUT2D eigenvalue weighted by Crippen LogP contribution is -2.05. The molecule has 2 heterocycles. The van der Waals surface area contributed by atoms with Gasteiger partial charge < -0.3 is 4.74 Å². The number of methoxy groups -OCH3 is 1. The van der Waals surface area contributed by atoms with E-state index in [0.29, 0.717) is 22.6 Å². The van der Waals surface area contributed by atoms with Crippen molar-refractivity contribution in [2.45, 2.75) is 6.92 Å². The van der Waals surface area contributed by atoms with Crippen LogP contribution >= 0.6 is 11.6 Å². The van der Waals surface area contributed by atoms with Gasteiger partial charge in [0.15, 0.2) is 16.6 Å². The van der Waals surface area contributed by atoms with Crippen LogP contribution < -0.4 is 0 Å². The van der Waals surface area contributed by atoms with Crippen LogP contribution in [0.2, 0.25) is 5.15 Å². The Morgan fingerprint density at radius 3 is 2.64 bits per heavy atom. The number of halogens is 1. The number of esters is 1. The number of fused-ring (bicyclic) bond motifs is 3. The molecule has 2 aromatic carbocycles. The van der Waals surface area contributed by atoms with Crippen molar-refractivity contribution in [2.75, 3.05) is 7.11 Å². The molecule has 0 unspecified atom stereocenters. The summed E-state index contributed by atoms with van der Waals surface area (Å²) in [4.78, 5) is 16.3. The van der Waals surface area contributed by atoms with Crippen molar-refractivity contribution < 1.29 is 9.53 Å². The Morgan fingerprint density at radius 1 is 1.16 bits per heavy atom. The van der Waals surface area contributed by atoms with Crippen molar-refractivity contribution in [3.8, 4) is 11.4 Å². The number of hydrogen-bond acceptors (Lipinski definition) is 5. The molecule has 4 rings (SSSR count). The largest absolute Gasteiger partial charge is 0.465 e. The predicted molar refractivity (Wildman–Crippen MR) is 94.8 cm³/mol. The monoisotopic (exact) mass is 352 g/mol. The SMILES string of the molecule is COC(=O)c1cc2nc(Cl)c3nnc(-c4ccccc4)n3c2cc1C. The van der Waals surface area contributed by atoms with Crippen LogP contribution in [0.15, 0.2) is 42.5 Å². The van der Waals surface area contributed by atoms with Crippen LogP contribution in [0, 0.1) is 6.92 Å². The highest BCUT2D eigenvalue weighted by molar-refractivity contribution is 6.32. The van der Waals surface area contributed by atoms with E-state index in [1.165, 1.54) is 7.11 Å². The third-order valence-corrected chi connectivity index (χ3v) is 4.32. The van der Waals surface area contributed by atoms with Gasteiger partial charge in [-0.1, -0.05) is 41.9 Å². The van der Waals surface area contributed by atoms with Crippen LogP contribution in [-0.4, -0.2) is 32.7 Å². The molecule has 124 valence electrons. The first kappa shape index (κ1) is 15.5. The minimum absolute atomic E-state index is 0.224. The molecular weight excluding hydrogens is 340 g/mol. The molecule has 0 fully saturated rings. The zero-order valence-electron chi connectivity index (χ0n) is 13.5. The maximum absolute atomic E-state index is 12.0. The molecule has 0 aliphatic heterocycles. The van der Waals surface area contributed by atoms with Crippen molar-refractivity contribution in [1.82, 2.24) is 19.6 Å². The number of aromatic nitrogens is 4. The second-order valence-corrected chi connectivity index (χ2v) is 5.96. The van der Waals surface area contributed by atoms with Crippen LogP contribution in [0.25, 0.3) is 28.1 Å². The third kappa shape index (κ3) is 2.42. The zero-order valence-corrected chi connectivity index (χ0v) is 14.3. The van der Waals surface area contributed by atoms with E-state index in [0.717, 1.165) is 16.6 Å². The molecule has 0 saturated carbocycles. The Labute approximate surface area is 148 Å². The molecule has 0 atom stereocenters. The first-order valence-corrected chi connectivity index (χ1v) is 7.96. The Morgan fingerprint density at radius 2 is 1.92 bits per heavy atom. The molecule has 0 saturated heterocycles. The molecule has 2 aromatic heterocycles. The summed E-state index contributed by atoms with van der Waals surface area (Å²) in [6, 6.07) is 13.2. The summed E-state index contributed by atoms with van der Waals surface area (Å²) in [5.41, 5.74) is 3.95. The number of rotatable bonds is 2. The average Bonchev–Trinajstić information content (AvgIpc) is 3.08. The molecule has 7 heteroatoms. The first-order valence-electron chi connectivity index (χ1n) is 7.59. The van der Waals surface area contributed by atoms with E-state index < -0.39 is 5.97 Å². The van der Waals surface area contributed by atoms with Crippen molar-refractivity contribution >= 4 is 34.3 Å². The Bertz CT molecular complexity index is 1120. The third-order valence-electron chi connectivity index (χ3n) is 4.07. The topological polar surface area (TPSA) is 69.4 Å². The predicted octanol–water partition coefficient (Wildman–Crippen LogP) is 3.69. The summed E-state index contributed by atoms with van der Waals surface area (Å²) in [6.45, 7) is 1.85. The number of benzene rings is 2. The van der Waals surface area contributed by atoms with Gasteiger partial charge in [0.2, 0.25) is 0 Å². The van der Waals surface area contributed by atoms with E-state index in [1.807, 2.05) is 47.7 Å². The lowest BCUT2D eigenvalue weighted by atomic mass is 10.1. The van der Waals surface area contributed by atoms with Crippen molar-refractivity contribution in [2.24, 2.45) is 0 Å². The van der Waals surface area contributed by atoms with Crippen LogP contribution in [0.5, 0.6) is 0 Å². The summed E-state index contributed by atoms with van der Waals surface area (Å²) in [5.74, 6) is 0.250. The molecule has 0 radical (unpaired) electrons. The van der Waals surface area contributed by atoms with Gasteiger partial charge in [-0.3, -0.25) is 4.40 Å². The van der Waals surface area contributed by atoms with Crippen LogP contribution in [0.4, 0.5) is 0 Å². The summed E-state index contributed by atoms with van der Waals surface area (Å²) in [6.07, 6.45) is 0. The molecule has 0 spiro atoms. The standard InChI is InChI=1S/C18H13ClN4O2/c1-10-8-14-13(9-12(10)18(24)25-2)20-15(19)17-22-21-16(23(14)17)11-6-4-3-5-7-11/h3-9H,1-2H3. The summed E-state index contributed by atoms with van der Waals surface area (Å²) < 4.78 is 6.69. The van der Waals surface area contributed by atoms with E-state index in [2.05, 4.69) is 15.2 Å². The van der Waals surface area contributed by atoms with E-state index >= 15 is 0 Å². The van der Waals surface area contributed by atoms with E-state index in [1.54, 1.807) is 6.07 Å². The Hall–Kier alpha value is -2.99. The molecular formula is C18H13ClN4O2. The molecule has 6 nitrogen and oxygen atoms in total. The van der Waals surface area contributed by atoms with Gasteiger partial charge in [-0.15, -0.1) is 10.2 Å². The summed E-state index contributed by atoms with van der Waals surface area (Å²) in [7, 11) is 1.35. The number of nitrogens with zero attached hydrogens (tertiary/aromatic N) is 4. The maximum Gasteiger partial charge on any atom is 0.338 e. The molecule has 0 aliphatic carbocycles. The van der Waals surface area contributed by atoms with Gasteiger partial charge in [-0.25, -0.2) is 9.78 Å². The Kier molecular flexibility index (Phi) is 3.62. The van der Waals surface area contributed by atoms with Gasteiger partial charge in [-0.2, -0.15) is 0 Å². The summed E-state index contributed by atoms with van der Waals surface area (Å²) in [5, 5.41) is 8.68. The highest BCUT2D eigenvalue weighted by Gasteiger charge is 2.18. The van der Waals surface area contributed by atoms with Crippen molar-refractivity contribution in [3.63, 3.8) is 0 Å². The van der Waals surface area contributed by atoms with Gasteiger partial charge in [0.25, 0.3) is 0 Å². The van der Waals surface area contributed by atoms with Crippen LogP contribution in [0.1, 0.15) is 15.9 Å². The highest BCUT2D eigenvalue weighted by atomic mass is 35.5. The van der Waals surface area contributed by atoms with Crippen LogP contribution in [0.3, 0.4) is 0 Å². The quantitative estimate of drug-likeness (QED) is 0.514. The smallest absolute Gasteiger partial charge is 0.338 e.